The van der Waals surface area contributed by atoms with Crippen molar-refractivity contribution in [1.82, 2.24) is 25.0 Å². The third-order valence-electron chi connectivity index (χ3n) is 5.11. The van der Waals surface area contributed by atoms with Crippen LogP contribution in [0.5, 0.6) is 0 Å². The van der Waals surface area contributed by atoms with Crippen LogP contribution in [0.1, 0.15) is 71.6 Å². The van der Waals surface area contributed by atoms with Gasteiger partial charge in [0.25, 0.3) is 11.8 Å². The van der Waals surface area contributed by atoms with Gasteiger partial charge in [-0.05, 0) is 43.5 Å². The fourth-order valence-electron chi connectivity index (χ4n) is 3.35. The molecule has 0 aliphatic carbocycles. The Hall–Kier alpha value is -3.22. The first-order valence-electron chi connectivity index (χ1n) is 10.2. The number of hydrogen-bond acceptors (Lipinski definition) is 4. The highest BCUT2D eigenvalue weighted by atomic mass is 16.2. The number of hydrogen-bond donors (Lipinski definition) is 1. The third-order valence-corrected chi connectivity index (χ3v) is 5.11. The van der Waals surface area contributed by atoms with E-state index in [0.29, 0.717) is 17.7 Å². The molecule has 30 heavy (non-hydrogen) atoms. The number of fused-ring (bicyclic) bond motifs is 1. The first kappa shape index (κ1) is 21.5. The van der Waals surface area contributed by atoms with Crippen LogP contribution >= 0.6 is 0 Å². The van der Waals surface area contributed by atoms with Crippen LogP contribution < -0.4 is 5.32 Å². The number of rotatable bonds is 6. The zero-order chi connectivity index (χ0) is 22.0. The number of aromatic nitrogens is 3. The van der Waals surface area contributed by atoms with Crippen molar-refractivity contribution in [3.63, 3.8) is 0 Å². The minimum atomic E-state index is -0.131. The van der Waals surface area contributed by atoms with Crippen molar-refractivity contribution in [2.75, 3.05) is 14.1 Å². The predicted octanol–water partition coefficient (Wildman–Crippen LogP) is 3.77. The number of benzene rings is 1. The fourth-order valence-corrected chi connectivity index (χ4v) is 3.35. The molecule has 2 aromatic heterocycles. The van der Waals surface area contributed by atoms with Crippen LogP contribution in [0.15, 0.2) is 36.5 Å². The molecule has 7 nitrogen and oxygen atoms in total. The van der Waals surface area contributed by atoms with Crippen molar-refractivity contribution < 1.29 is 9.59 Å². The molecule has 1 N–H and O–H groups in total. The molecule has 2 heterocycles. The number of nitrogens with one attached hydrogen (secondary N) is 1. The van der Waals surface area contributed by atoms with Crippen molar-refractivity contribution in [2.45, 2.75) is 46.2 Å². The molecule has 0 saturated carbocycles. The number of carbonyl (C=O) groups is 2. The van der Waals surface area contributed by atoms with Crippen LogP contribution in [-0.2, 0) is 6.54 Å². The Morgan fingerprint density at radius 3 is 2.37 bits per heavy atom. The maximum Gasteiger partial charge on any atom is 0.254 e. The van der Waals surface area contributed by atoms with Gasteiger partial charge in [-0.2, -0.15) is 5.10 Å². The topological polar surface area (TPSA) is 80.1 Å². The van der Waals surface area contributed by atoms with Gasteiger partial charge in [0.05, 0.1) is 17.1 Å². The van der Waals surface area contributed by atoms with Crippen molar-refractivity contribution in [1.29, 1.82) is 0 Å². The molecular formula is C23H29N5O2. The van der Waals surface area contributed by atoms with Crippen LogP contribution in [0.3, 0.4) is 0 Å². The Bertz CT molecular complexity index is 1070. The van der Waals surface area contributed by atoms with Gasteiger partial charge < -0.3 is 10.2 Å². The second-order valence-electron chi connectivity index (χ2n) is 8.11. The normalized spacial score (nSPS) is 11.3. The lowest BCUT2D eigenvalue weighted by Gasteiger charge is -2.19. The van der Waals surface area contributed by atoms with E-state index in [9.17, 15) is 9.59 Å². The number of pyridine rings is 1. The molecule has 0 spiro atoms. The molecule has 3 aromatic rings. The standard InChI is InChI=1S/C23H29N5O2/c1-14(2)20-11-18(19-12-25-28(15(3)4)21(19)26-20)23(30)27(6)13-16-7-9-17(10-8-16)22(29)24-5/h7-12,14-15H,13H2,1-6H3,(H,24,29). The summed E-state index contributed by atoms with van der Waals surface area (Å²) in [6.07, 6.45) is 1.73. The lowest BCUT2D eigenvalue weighted by atomic mass is 10.0. The Labute approximate surface area is 177 Å². The molecule has 0 atom stereocenters. The van der Waals surface area contributed by atoms with Crippen LogP contribution in [0.25, 0.3) is 11.0 Å². The van der Waals surface area contributed by atoms with E-state index in [-0.39, 0.29) is 23.8 Å². The molecule has 158 valence electrons. The molecule has 0 aliphatic rings. The van der Waals surface area contributed by atoms with E-state index in [0.717, 1.165) is 22.3 Å². The van der Waals surface area contributed by atoms with Gasteiger partial charge in [-0.25, -0.2) is 9.67 Å². The average molecular weight is 408 g/mol. The van der Waals surface area contributed by atoms with Gasteiger partial charge in [0, 0.05) is 37.9 Å². The second kappa shape index (κ2) is 8.65. The smallest absolute Gasteiger partial charge is 0.254 e. The maximum atomic E-state index is 13.3. The molecule has 0 radical (unpaired) electrons. The zero-order valence-corrected chi connectivity index (χ0v) is 18.4. The first-order valence-corrected chi connectivity index (χ1v) is 10.2. The van der Waals surface area contributed by atoms with Crippen LogP contribution in [0.2, 0.25) is 0 Å². The molecule has 0 aliphatic heterocycles. The predicted molar refractivity (Wildman–Crippen MR) is 118 cm³/mol. The summed E-state index contributed by atoms with van der Waals surface area (Å²) in [7, 11) is 3.38. The summed E-state index contributed by atoms with van der Waals surface area (Å²) in [6, 6.07) is 9.30. The molecule has 0 unspecified atom stereocenters. The monoisotopic (exact) mass is 407 g/mol. The highest BCUT2D eigenvalue weighted by molar-refractivity contribution is 6.05. The lowest BCUT2D eigenvalue weighted by molar-refractivity contribution is 0.0786. The van der Waals surface area contributed by atoms with E-state index >= 15 is 0 Å². The Balaban J connectivity index is 1.92. The van der Waals surface area contributed by atoms with Crippen LogP contribution in [-0.4, -0.2) is 45.6 Å². The summed E-state index contributed by atoms with van der Waals surface area (Å²) < 4.78 is 1.86. The summed E-state index contributed by atoms with van der Waals surface area (Å²) >= 11 is 0. The van der Waals surface area contributed by atoms with Gasteiger partial charge >= 0.3 is 0 Å². The van der Waals surface area contributed by atoms with E-state index < -0.39 is 0 Å². The first-order chi connectivity index (χ1) is 14.2. The zero-order valence-electron chi connectivity index (χ0n) is 18.4. The Morgan fingerprint density at radius 2 is 1.80 bits per heavy atom. The molecule has 0 saturated heterocycles. The van der Waals surface area contributed by atoms with E-state index in [4.69, 9.17) is 4.98 Å². The average Bonchev–Trinajstić information content (AvgIpc) is 3.16. The summed E-state index contributed by atoms with van der Waals surface area (Å²) in [5, 5.41) is 7.83. The SMILES string of the molecule is CNC(=O)c1ccc(CN(C)C(=O)c2cc(C(C)C)nc3c2cnn3C(C)C)cc1. The lowest BCUT2D eigenvalue weighted by Crippen LogP contribution is -2.27. The molecule has 1 aromatic carbocycles. The van der Waals surface area contributed by atoms with E-state index in [2.05, 4.69) is 24.3 Å². The van der Waals surface area contributed by atoms with Crippen molar-refractivity contribution in [2.24, 2.45) is 0 Å². The summed E-state index contributed by atoms with van der Waals surface area (Å²) in [4.78, 5) is 31.5. The Morgan fingerprint density at radius 1 is 1.13 bits per heavy atom. The molecule has 2 amide bonds. The highest BCUT2D eigenvalue weighted by Crippen LogP contribution is 2.25. The Kier molecular flexibility index (Phi) is 6.20. The van der Waals surface area contributed by atoms with Gasteiger partial charge in [-0.15, -0.1) is 0 Å². The van der Waals surface area contributed by atoms with E-state index in [1.165, 1.54) is 0 Å². The van der Waals surface area contributed by atoms with Crippen molar-refractivity contribution >= 4 is 22.8 Å². The quantitative estimate of drug-likeness (QED) is 0.675. The fraction of sp³-hybridized carbons (Fsp3) is 0.391. The van der Waals surface area contributed by atoms with Gasteiger partial charge in [0.15, 0.2) is 5.65 Å². The van der Waals surface area contributed by atoms with E-state index in [1.54, 1.807) is 37.3 Å². The van der Waals surface area contributed by atoms with Gasteiger partial charge in [-0.3, -0.25) is 9.59 Å². The summed E-state index contributed by atoms with van der Waals surface area (Å²) in [6.45, 7) is 8.66. The molecule has 0 fully saturated rings. The van der Waals surface area contributed by atoms with Crippen LogP contribution in [0, 0.1) is 0 Å². The minimum Gasteiger partial charge on any atom is -0.355 e. The summed E-state index contributed by atoms with van der Waals surface area (Å²) in [5.41, 5.74) is 3.76. The second-order valence-corrected chi connectivity index (χ2v) is 8.11. The summed E-state index contributed by atoms with van der Waals surface area (Å²) in [5.74, 6) is -0.0180. The van der Waals surface area contributed by atoms with Gasteiger partial charge in [0.1, 0.15) is 0 Å². The minimum absolute atomic E-state index is 0.0806. The van der Waals surface area contributed by atoms with Crippen LogP contribution in [0.4, 0.5) is 0 Å². The van der Waals surface area contributed by atoms with Crippen molar-refractivity contribution in [3.05, 3.63) is 58.9 Å². The number of nitrogens with zero attached hydrogens (tertiary/aromatic N) is 4. The van der Waals surface area contributed by atoms with Crippen molar-refractivity contribution in [3.8, 4) is 0 Å². The molecule has 3 rings (SSSR count). The molecule has 7 heteroatoms. The van der Waals surface area contributed by atoms with Gasteiger partial charge in [-0.1, -0.05) is 26.0 Å². The molecule has 0 bridgehead atoms. The van der Waals surface area contributed by atoms with Gasteiger partial charge in [0.2, 0.25) is 0 Å². The number of amides is 2. The molecular weight excluding hydrogens is 378 g/mol. The highest BCUT2D eigenvalue weighted by Gasteiger charge is 2.21. The number of carbonyl (C=O) groups excluding carboxylic acids is 2. The maximum absolute atomic E-state index is 13.3. The largest absolute Gasteiger partial charge is 0.355 e. The third kappa shape index (κ3) is 4.20. The van der Waals surface area contributed by atoms with E-state index in [1.807, 2.05) is 36.7 Å².